The number of hydrogen-bond donors (Lipinski definition) is 1. The first kappa shape index (κ1) is 34.3. The van der Waals surface area contributed by atoms with Crippen LogP contribution in [0.25, 0.3) is 0 Å². The largest absolute Gasteiger partial charge is 0.352 e. The minimum absolute atomic E-state index is 0.0168. The molecule has 2 unspecified atom stereocenters. The third kappa shape index (κ3) is 8.79. The average molecular weight is 687 g/mol. The molecular weight excluding hydrogens is 653 g/mol. The topological polar surface area (TPSA) is 86.8 Å². The van der Waals surface area contributed by atoms with Crippen LogP contribution in [0.1, 0.15) is 31.4 Å². The fraction of sp³-hybridized carbons (Fsp3) is 0.235. The molecule has 1 N–H and O–H groups in total. The molecule has 0 aliphatic rings. The summed E-state index contributed by atoms with van der Waals surface area (Å²) in [6.07, 6.45) is 0.875. The van der Waals surface area contributed by atoms with Gasteiger partial charge in [-0.3, -0.25) is 13.9 Å². The Kier molecular flexibility index (Phi) is 11.9. The number of carbonyl (C=O) groups excluding carboxylic acids is 2. The zero-order valence-electron chi connectivity index (χ0n) is 24.9. The Labute approximate surface area is 279 Å². The van der Waals surface area contributed by atoms with Gasteiger partial charge in [-0.15, -0.1) is 0 Å². The molecule has 11 heteroatoms. The van der Waals surface area contributed by atoms with Crippen molar-refractivity contribution in [2.24, 2.45) is 0 Å². The van der Waals surface area contributed by atoms with Crippen molar-refractivity contribution in [1.29, 1.82) is 0 Å². The summed E-state index contributed by atoms with van der Waals surface area (Å²) in [6.45, 7) is 3.18. The van der Waals surface area contributed by atoms with E-state index >= 15 is 0 Å². The van der Waals surface area contributed by atoms with Crippen LogP contribution in [0.15, 0.2) is 108 Å². The number of halogens is 3. The van der Waals surface area contributed by atoms with Crippen molar-refractivity contribution in [3.05, 3.63) is 129 Å². The van der Waals surface area contributed by atoms with Crippen LogP contribution in [0.2, 0.25) is 15.1 Å². The standard InChI is InChI=1S/C34H34Cl3N3O4S/c1-3-24(2)38-34(42)32(20-25-12-6-4-7-13-25)39(22-26-14-10-11-17-29(26)35)33(41)23-40(27-18-19-30(36)31(37)21-27)45(43,44)28-15-8-5-9-16-28/h4-19,21,24,32H,3,20,22-23H2,1-2H3,(H,38,42). The Bertz CT molecular complexity index is 1720. The first-order chi connectivity index (χ1) is 21.5. The number of benzene rings is 4. The molecule has 0 radical (unpaired) electrons. The minimum atomic E-state index is -4.26. The van der Waals surface area contributed by atoms with Gasteiger partial charge < -0.3 is 10.2 Å². The highest BCUT2D eigenvalue weighted by Crippen LogP contribution is 2.31. The van der Waals surface area contributed by atoms with Gasteiger partial charge in [0.05, 0.1) is 20.6 Å². The van der Waals surface area contributed by atoms with Gasteiger partial charge in [0.15, 0.2) is 0 Å². The summed E-state index contributed by atoms with van der Waals surface area (Å²) in [5.74, 6) is -0.971. The van der Waals surface area contributed by atoms with E-state index in [-0.39, 0.29) is 45.5 Å². The summed E-state index contributed by atoms with van der Waals surface area (Å²) < 4.78 is 29.1. The van der Waals surface area contributed by atoms with E-state index in [2.05, 4.69) is 5.32 Å². The summed E-state index contributed by atoms with van der Waals surface area (Å²) in [5, 5.41) is 3.78. The molecule has 236 valence electrons. The summed E-state index contributed by atoms with van der Waals surface area (Å²) in [4.78, 5) is 29.8. The molecule has 0 heterocycles. The lowest BCUT2D eigenvalue weighted by atomic mass is 10.0. The molecule has 0 aliphatic heterocycles. The second kappa shape index (κ2) is 15.6. The number of sulfonamides is 1. The Hall–Kier alpha value is -3.56. The SMILES string of the molecule is CCC(C)NC(=O)C(Cc1ccccc1)N(Cc1ccccc1Cl)C(=O)CN(c1ccc(Cl)c(Cl)c1)S(=O)(=O)c1ccccc1. The van der Waals surface area contributed by atoms with Gasteiger partial charge in [0, 0.05) is 24.0 Å². The van der Waals surface area contributed by atoms with Gasteiger partial charge in [0.25, 0.3) is 10.0 Å². The van der Waals surface area contributed by atoms with E-state index in [4.69, 9.17) is 34.8 Å². The van der Waals surface area contributed by atoms with Crippen LogP contribution in [0.5, 0.6) is 0 Å². The van der Waals surface area contributed by atoms with Gasteiger partial charge in [-0.05, 0) is 60.9 Å². The van der Waals surface area contributed by atoms with Crippen LogP contribution in [0.4, 0.5) is 5.69 Å². The van der Waals surface area contributed by atoms with Crippen molar-refractivity contribution in [3.8, 4) is 0 Å². The van der Waals surface area contributed by atoms with Gasteiger partial charge in [0.2, 0.25) is 11.8 Å². The highest BCUT2D eigenvalue weighted by Gasteiger charge is 2.35. The van der Waals surface area contributed by atoms with Gasteiger partial charge in [0.1, 0.15) is 12.6 Å². The Morgan fingerprint density at radius 2 is 1.42 bits per heavy atom. The van der Waals surface area contributed by atoms with E-state index in [1.165, 1.54) is 35.2 Å². The van der Waals surface area contributed by atoms with Crippen molar-refractivity contribution in [1.82, 2.24) is 10.2 Å². The molecule has 7 nitrogen and oxygen atoms in total. The van der Waals surface area contributed by atoms with Crippen LogP contribution in [-0.2, 0) is 32.6 Å². The second-order valence-corrected chi connectivity index (χ2v) is 13.6. The van der Waals surface area contributed by atoms with Gasteiger partial charge in [-0.1, -0.05) is 108 Å². The molecule has 2 atom stereocenters. The number of nitrogens with zero attached hydrogens (tertiary/aromatic N) is 2. The smallest absolute Gasteiger partial charge is 0.264 e. The normalized spacial score (nSPS) is 12.6. The summed E-state index contributed by atoms with van der Waals surface area (Å²) in [5.41, 5.74) is 1.58. The Balaban J connectivity index is 1.83. The molecule has 0 saturated heterocycles. The van der Waals surface area contributed by atoms with Gasteiger partial charge >= 0.3 is 0 Å². The number of rotatable bonds is 13. The summed E-state index contributed by atoms with van der Waals surface area (Å²) >= 11 is 19.0. The highest BCUT2D eigenvalue weighted by molar-refractivity contribution is 7.92. The third-order valence-electron chi connectivity index (χ3n) is 7.37. The molecule has 2 amide bonds. The van der Waals surface area contributed by atoms with Crippen LogP contribution in [-0.4, -0.2) is 43.8 Å². The molecule has 0 saturated carbocycles. The molecule has 4 aromatic rings. The average Bonchev–Trinajstić information content (AvgIpc) is 3.04. The van der Waals surface area contributed by atoms with E-state index in [1.54, 1.807) is 42.5 Å². The molecule has 0 aliphatic carbocycles. The van der Waals surface area contributed by atoms with Crippen LogP contribution in [0, 0.1) is 0 Å². The van der Waals surface area contributed by atoms with Gasteiger partial charge in [-0.2, -0.15) is 0 Å². The lowest BCUT2D eigenvalue weighted by molar-refractivity contribution is -0.140. The molecule has 45 heavy (non-hydrogen) atoms. The summed E-state index contributed by atoms with van der Waals surface area (Å²) in [6, 6.07) is 27.4. The number of nitrogens with one attached hydrogen (secondary N) is 1. The predicted molar refractivity (Wildman–Crippen MR) is 181 cm³/mol. The Morgan fingerprint density at radius 3 is 2.04 bits per heavy atom. The lowest BCUT2D eigenvalue weighted by Crippen LogP contribution is -2.54. The highest BCUT2D eigenvalue weighted by atomic mass is 35.5. The van der Waals surface area contributed by atoms with Crippen LogP contribution >= 0.6 is 34.8 Å². The van der Waals surface area contributed by atoms with Crippen LogP contribution < -0.4 is 9.62 Å². The number of anilines is 1. The van der Waals surface area contributed by atoms with E-state index in [9.17, 15) is 18.0 Å². The number of hydrogen-bond acceptors (Lipinski definition) is 4. The zero-order chi connectivity index (χ0) is 32.6. The second-order valence-electron chi connectivity index (χ2n) is 10.6. The van der Waals surface area contributed by atoms with Crippen molar-refractivity contribution in [3.63, 3.8) is 0 Å². The quantitative estimate of drug-likeness (QED) is 0.159. The molecule has 0 bridgehead atoms. The third-order valence-corrected chi connectivity index (χ3v) is 10.3. The minimum Gasteiger partial charge on any atom is -0.352 e. The van der Waals surface area contributed by atoms with E-state index in [0.29, 0.717) is 17.0 Å². The van der Waals surface area contributed by atoms with Crippen molar-refractivity contribution >= 4 is 62.3 Å². The van der Waals surface area contributed by atoms with Crippen molar-refractivity contribution in [2.45, 2.75) is 50.2 Å². The summed E-state index contributed by atoms with van der Waals surface area (Å²) in [7, 11) is -4.26. The maximum absolute atomic E-state index is 14.5. The van der Waals surface area contributed by atoms with E-state index in [0.717, 1.165) is 9.87 Å². The first-order valence-corrected chi connectivity index (χ1v) is 17.0. The number of carbonyl (C=O) groups is 2. The fourth-order valence-corrected chi connectivity index (χ4v) is 6.61. The molecule has 4 aromatic carbocycles. The van der Waals surface area contributed by atoms with Gasteiger partial charge in [-0.25, -0.2) is 8.42 Å². The molecule has 0 aromatic heterocycles. The zero-order valence-corrected chi connectivity index (χ0v) is 28.0. The first-order valence-electron chi connectivity index (χ1n) is 14.4. The Morgan fingerprint density at radius 1 is 0.800 bits per heavy atom. The maximum atomic E-state index is 14.5. The molecule has 0 spiro atoms. The van der Waals surface area contributed by atoms with Crippen LogP contribution in [0.3, 0.4) is 0 Å². The monoisotopic (exact) mass is 685 g/mol. The number of amides is 2. The molecule has 4 rings (SSSR count). The predicted octanol–water partition coefficient (Wildman–Crippen LogP) is 7.40. The van der Waals surface area contributed by atoms with Crippen molar-refractivity contribution in [2.75, 3.05) is 10.8 Å². The maximum Gasteiger partial charge on any atom is 0.264 e. The fourth-order valence-electron chi connectivity index (χ4n) is 4.69. The lowest BCUT2D eigenvalue weighted by Gasteiger charge is -2.34. The van der Waals surface area contributed by atoms with E-state index in [1.807, 2.05) is 44.2 Å². The molecule has 0 fully saturated rings. The van der Waals surface area contributed by atoms with E-state index < -0.39 is 28.5 Å². The molecular formula is C34H34Cl3N3O4S. The van der Waals surface area contributed by atoms with Crippen molar-refractivity contribution < 1.29 is 18.0 Å².